The van der Waals surface area contributed by atoms with E-state index in [0.717, 1.165) is 19.4 Å². The summed E-state index contributed by atoms with van der Waals surface area (Å²) in [6, 6.07) is 0. The maximum Gasteiger partial charge on any atom is 0.333 e. The number of hydrogen-bond acceptors (Lipinski definition) is 4. The summed E-state index contributed by atoms with van der Waals surface area (Å²) in [5.41, 5.74) is 0.405. The molecule has 1 atom stereocenters. The standard InChI is InChI=1S/C10H16O4/c1-8(2)10(11)14-7-6-13-9-4-3-5-12-9/h9H,1,3-7H2,2H3. The molecule has 0 aliphatic carbocycles. The van der Waals surface area contributed by atoms with Gasteiger partial charge in [-0.3, -0.25) is 0 Å². The molecule has 1 saturated heterocycles. The summed E-state index contributed by atoms with van der Waals surface area (Å²) < 4.78 is 15.4. The summed E-state index contributed by atoms with van der Waals surface area (Å²) in [7, 11) is 0. The summed E-state index contributed by atoms with van der Waals surface area (Å²) in [5, 5.41) is 0. The molecule has 0 aromatic carbocycles. The van der Waals surface area contributed by atoms with Gasteiger partial charge in [0.15, 0.2) is 6.29 Å². The van der Waals surface area contributed by atoms with Gasteiger partial charge in [-0.15, -0.1) is 0 Å². The molecule has 0 aromatic heterocycles. The van der Waals surface area contributed by atoms with Gasteiger partial charge in [-0.25, -0.2) is 4.79 Å². The molecule has 1 aliphatic rings. The van der Waals surface area contributed by atoms with Gasteiger partial charge in [0.05, 0.1) is 6.61 Å². The van der Waals surface area contributed by atoms with Gasteiger partial charge < -0.3 is 14.2 Å². The topological polar surface area (TPSA) is 44.8 Å². The van der Waals surface area contributed by atoms with Crippen molar-refractivity contribution in [1.29, 1.82) is 0 Å². The second kappa shape index (κ2) is 5.78. The molecular formula is C10H16O4. The lowest BCUT2D eigenvalue weighted by molar-refractivity contribution is -0.148. The smallest absolute Gasteiger partial charge is 0.333 e. The first-order valence-corrected chi connectivity index (χ1v) is 4.76. The van der Waals surface area contributed by atoms with Crippen LogP contribution in [-0.4, -0.2) is 32.1 Å². The first-order valence-electron chi connectivity index (χ1n) is 4.76. The Balaban J connectivity index is 1.98. The molecule has 0 amide bonds. The van der Waals surface area contributed by atoms with Crippen LogP contribution in [0.25, 0.3) is 0 Å². The highest BCUT2D eigenvalue weighted by atomic mass is 16.7. The highest BCUT2D eigenvalue weighted by Gasteiger charge is 2.15. The molecule has 0 saturated carbocycles. The quantitative estimate of drug-likeness (QED) is 0.381. The van der Waals surface area contributed by atoms with Crippen molar-refractivity contribution >= 4 is 5.97 Å². The van der Waals surface area contributed by atoms with Crippen molar-refractivity contribution in [3.8, 4) is 0 Å². The third kappa shape index (κ3) is 3.89. The molecule has 0 spiro atoms. The van der Waals surface area contributed by atoms with Gasteiger partial charge in [-0.2, -0.15) is 0 Å². The van der Waals surface area contributed by atoms with Gasteiger partial charge in [-0.1, -0.05) is 6.58 Å². The molecule has 0 aromatic rings. The van der Waals surface area contributed by atoms with E-state index < -0.39 is 0 Å². The van der Waals surface area contributed by atoms with E-state index in [4.69, 9.17) is 14.2 Å². The second-order valence-electron chi connectivity index (χ2n) is 3.23. The summed E-state index contributed by atoms with van der Waals surface area (Å²) in [5.74, 6) is -0.374. The average Bonchev–Trinajstić information content (AvgIpc) is 2.64. The molecule has 1 rings (SSSR count). The second-order valence-corrected chi connectivity index (χ2v) is 3.23. The molecule has 0 N–H and O–H groups in total. The molecule has 14 heavy (non-hydrogen) atoms. The van der Waals surface area contributed by atoms with E-state index >= 15 is 0 Å². The van der Waals surface area contributed by atoms with Crippen molar-refractivity contribution in [3.05, 3.63) is 12.2 Å². The predicted octanol–water partition coefficient (Wildman–Crippen LogP) is 1.26. The van der Waals surface area contributed by atoms with Crippen LogP contribution in [0.1, 0.15) is 19.8 Å². The third-order valence-corrected chi connectivity index (χ3v) is 1.86. The summed E-state index contributed by atoms with van der Waals surface area (Å²) >= 11 is 0. The Morgan fingerprint density at radius 1 is 1.57 bits per heavy atom. The normalized spacial score (nSPS) is 20.8. The van der Waals surface area contributed by atoms with Crippen LogP contribution in [0.2, 0.25) is 0 Å². The lowest BCUT2D eigenvalue weighted by atomic mass is 10.4. The minimum absolute atomic E-state index is 0.112. The van der Waals surface area contributed by atoms with Crippen LogP contribution in [0.3, 0.4) is 0 Å². The monoisotopic (exact) mass is 200 g/mol. The van der Waals surface area contributed by atoms with Crippen molar-refractivity contribution in [2.24, 2.45) is 0 Å². The van der Waals surface area contributed by atoms with Gasteiger partial charge in [0.1, 0.15) is 6.61 Å². The molecular weight excluding hydrogens is 184 g/mol. The van der Waals surface area contributed by atoms with Crippen LogP contribution in [-0.2, 0) is 19.0 Å². The average molecular weight is 200 g/mol. The molecule has 1 aliphatic heterocycles. The van der Waals surface area contributed by atoms with Crippen molar-refractivity contribution < 1.29 is 19.0 Å². The third-order valence-electron chi connectivity index (χ3n) is 1.86. The Bertz CT molecular complexity index is 206. The lowest BCUT2D eigenvalue weighted by Crippen LogP contribution is -2.16. The van der Waals surface area contributed by atoms with Crippen molar-refractivity contribution in [1.82, 2.24) is 0 Å². The maximum absolute atomic E-state index is 10.9. The molecule has 80 valence electrons. The summed E-state index contributed by atoms with van der Waals surface area (Å²) in [6.45, 7) is 6.48. The van der Waals surface area contributed by atoms with Gasteiger partial charge in [0, 0.05) is 18.6 Å². The van der Waals surface area contributed by atoms with Gasteiger partial charge >= 0.3 is 5.97 Å². The van der Waals surface area contributed by atoms with Crippen LogP contribution in [0.15, 0.2) is 12.2 Å². The molecule has 0 bridgehead atoms. The van der Waals surface area contributed by atoms with Gasteiger partial charge in [0.25, 0.3) is 0 Å². The molecule has 0 radical (unpaired) electrons. The Labute approximate surface area is 83.8 Å². The van der Waals surface area contributed by atoms with Crippen LogP contribution in [0.4, 0.5) is 0 Å². The zero-order chi connectivity index (χ0) is 10.4. The van der Waals surface area contributed by atoms with Crippen molar-refractivity contribution in [2.75, 3.05) is 19.8 Å². The number of esters is 1. The van der Waals surface area contributed by atoms with E-state index in [1.165, 1.54) is 0 Å². The van der Waals surface area contributed by atoms with E-state index in [1.807, 2.05) is 0 Å². The molecule has 1 heterocycles. The van der Waals surface area contributed by atoms with Crippen LogP contribution < -0.4 is 0 Å². The summed E-state index contributed by atoms with van der Waals surface area (Å²) in [6.07, 6.45) is 1.85. The van der Waals surface area contributed by atoms with E-state index in [-0.39, 0.29) is 18.9 Å². The Hall–Kier alpha value is -0.870. The van der Waals surface area contributed by atoms with Crippen molar-refractivity contribution in [3.63, 3.8) is 0 Å². The molecule has 1 unspecified atom stereocenters. The zero-order valence-electron chi connectivity index (χ0n) is 8.45. The van der Waals surface area contributed by atoms with Crippen LogP contribution in [0.5, 0.6) is 0 Å². The zero-order valence-corrected chi connectivity index (χ0v) is 8.45. The highest BCUT2D eigenvalue weighted by Crippen LogP contribution is 2.12. The predicted molar refractivity (Wildman–Crippen MR) is 50.7 cm³/mol. The summed E-state index contributed by atoms with van der Waals surface area (Å²) in [4.78, 5) is 10.9. The van der Waals surface area contributed by atoms with E-state index in [9.17, 15) is 4.79 Å². The van der Waals surface area contributed by atoms with E-state index in [0.29, 0.717) is 12.2 Å². The van der Waals surface area contributed by atoms with Gasteiger partial charge in [-0.05, 0) is 13.3 Å². The SMILES string of the molecule is C=C(C)C(=O)OCCOC1CCCO1. The first kappa shape index (κ1) is 11.2. The molecule has 4 heteroatoms. The Morgan fingerprint density at radius 2 is 2.36 bits per heavy atom. The Morgan fingerprint density at radius 3 is 2.93 bits per heavy atom. The molecule has 1 fully saturated rings. The number of hydrogen-bond donors (Lipinski definition) is 0. The number of ether oxygens (including phenoxy) is 3. The fraction of sp³-hybridized carbons (Fsp3) is 0.700. The van der Waals surface area contributed by atoms with E-state index in [1.54, 1.807) is 6.92 Å². The number of carbonyl (C=O) groups excluding carboxylic acids is 1. The van der Waals surface area contributed by atoms with Crippen LogP contribution >= 0.6 is 0 Å². The van der Waals surface area contributed by atoms with Crippen molar-refractivity contribution in [2.45, 2.75) is 26.1 Å². The highest BCUT2D eigenvalue weighted by molar-refractivity contribution is 5.86. The van der Waals surface area contributed by atoms with Crippen LogP contribution in [0, 0.1) is 0 Å². The molecule has 4 nitrogen and oxygen atoms in total. The fourth-order valence-corrected chi connectivity index (χ4v) is 1.12. The Kier molecular flexibility index (Phi) is 4.62. The minimum atomic E-state index is -0.374. The number of carbonyl (C=O) groups is 1. The first-order chi connectivity index (χ1) is 6.70. The largest absolute Gasteiger partial charge is 0.460 e. The number of rotatable bonds is 5. The maximum atomic E-state index is 10.9. The minimum Gasteiger partial charge on any atom is -0.460 e. The lowest BCUT2D eigenvalue weighted by Gasteiger charge is -2.10. The van der Waals surface area contributed by atoms with E-state index in [2.05, 4.69) is 6.58 Å². The fourth-order valence-electron chi connectivity index (χ4n) is 1.12. The van der Waals surface area contributed by atoms with Gasteiger partial charge in [0.2, 0.25) is 0 Å².